The molecule has 1 amide bonds. The first-order chi connectivity index (χ1) is 15.0. The number of carbonyl (C=O) groups excluding carboxylic acids is 1. The largest absolute Gasteiger partial charge is 0.312 e. The van der Waals surface area contributed by atoms with Gasteiger partial charge in [-0.05, 0) is 56.9 Å². The quantitative estimate of drug-likeness (QED) is 0.435. The number of carbonyl (C=O) groups is 1. The highest BCUT2D eigenvalue weighted by molar-refractivity contribution is 5.93. The Morgan fingerprint density at radius 2 is 1.61 bits per heavy atom. The Bertz CT molecular complexity index is 1180. The third-order valence-electron chi connectivity index (χ3n) is 5.71. The first kappa shape index (κ1) is 20.8. The molecule has 5 heteroatoms. The Morgan fingerprint density at radius 3 is 2.32 bits per heavy atom. The van der Waals surface area contributed by atoms with Gasteiger partial charge >= 0.3 is 0 Å². The predicted octanol–water partition coefficient (Wildman–Crippen LogP) is 4.86. The van der Waals surface area contributed by atoms with Gasteiger partial charge in [0, 0.05) is 36.1 Å². The maximum atomic E-state index is 13.3. The van der Waals surface area contributed by atoms with Gasteiger partial charge in [0.2, 0.25) is 5.91 Å². The fourth-order valence-electron chi connectivity index (χ4n) is 4.06. The zero-order valence-electron chi connectivity index (χ0n) is 18.4. The molecule has 158 valence electrons. The molecule has 0 bridgehead atoms. The number of fused-ring (bicyclic) bond motifs is 1. The van der Waals surface area contributed by atoms with E-state index in [2.05, 4.69) is 29.1 Å². The lowest BCUT2D eigenvalue weighted by Crippen LogP contribution is -2.33. The normalized spacial score (nSPS) is 11.1. The van der Waals surface area contributed by atoms with Crippen LogP contribution in [0.4, 0.5) is 5.69 Å². The van der Waals surface area contributed by atoms with E-state index in [0.29, 0.717) is 19.4 Å². The van der Waals surface area contributed by atoms with Crippen molar-refractivity contribution < 1.29 is 4.79 Å². The van der Waals surface area contributed by atoms with Crippen LogP contribution in [-0.4, -0.2) is 27.0 Å². The number of aromatic nitrogens is 3. The Hall–Kier alpha value is -3.47. The summed E-state index contributed by atoms with van der Waals surface area (Å²) in [5.41, 5.74) is 7.09. The van der Waals surface area contributed by atoms with Gasteiger partial charge in [-0.1, -0.05) is 48.5 Å². The molecule has 0 aliphatic heterocycles. The molecule has 5 nitrogen and oxygen atoms in total. The molecule has 0 atom stereocenters. The molecule has 0 aliphatic carbocycles. The maximum absolute atomic E-state index is 13.3. The highest BCUT2D eigenvalue weighted by Crippen LogP contribution is 2.20. The van der Waals surface area contributed by atoms with E-state index in [0.717, 1.165) is 40.4 Å². The second-order valence-corrected chi connectivity index (χ2v) is 7.93. The first-order valence-electron chi connectivity index (χ1n) is 10.7. The second kappa shape index (κ2) is 9.13. The van der Waals surface area contributed by atoms with Crippen molar-refractivity contribution in [2.75, 3.05) is 11.4 Å². The van der Waals surface area contributed by atoms with Crippen LogP contribution in [0.1, 0.15) is 34.6 Å². The Balaban J connectivity index is 1.53. The lowest BCUT2D eigenvalue weighted by molar-refractivity contribution is -0.118. The van der Waals surface area contributed by atoms with Gasteiger partial charge in [-0.15, -0.1) is 0 Å². The summed E-state index contributed by atoms with van der Waals surface area (Å²) >= 11 is 0. The van der Waals surface area contributed by atoms with Crippen LogP contribution >= 0.6 is 0 Å². The van der Waals surface area contributed by atoms with E-state index < -0.39 is 0 Å². The van der Waals surface area contributed by atoms with Crippen molar-refractivity contribution in [3.8, 4) is 0 Å². The molecule has 2 aromatic heterocycles. The fourth-order valence-corrected chi connectivity index (χ4v) is 4.06. The van der Waals surface area contributed by atoms with E-state index in [4.69, 9.17) is 0 Å². The van der Waals surface area contributed by atoms with Crippen LogP contribution in [0.15, 0.2) is 66.7 Å². The van der Waals surface area contributed by atoms with Gasteiger partial charge in [0.15, 0.2) is 5.65 Å². The third-order valence-corrected chi connectivity index (χ3v) is 5.71. The molecule has 0 aliphatic rings. The zero-order chi connectivity index (χ0) is 21.8. The van der Waals surface area contributed by atoms with Gasteiger partial charge in [-0.3, -0.25) is 4.79 Å². The zero-order valence-corrected chi connectivity index (χ0v) is 18.4. The highest BCUT2D eigenvalue weighted by atomic mass is 16.2. The lowest BCUT2D eigenvalue weighted by atomic mass is 10.1. The number of nitrogens with zero attached hydrogens (tertiary/aromatic N) is 4. The molecular formula is C26H28N4O. The van der Waals surface area contributed by atoms with Crippen LogP contribution in [0.2, 0.25) is 0 Å². The average Bonchev–Trinajstić information content (AvgIpc) is 3.15. The summed E-state index contributed by atoms with van der Waals surface area (Å²) in [7, 11) is 0. The van der Waals surface area contributed by atoms with E-state index in [1.807, 2.05) is 77.9 Å². The molecular weight excluding hydrogens is 384 g/mol. The molecule has 4 rings (SSSR count). The summed E-state index contributed by atoms with van der Waals surface area (Å²) in [5, 5.41) is 4.55. The number of aryl methyl sites for hydroxylation is 3. The first-order valence-corrected chi connectivity index (χ1v) is 10.7. The van der Waals surface area contributed by atoms with Crippen LogP contribution in [0.25, 0.3) is 5.65 Å². The fraction of sp³-hybridized carbons (Fsp3) is 0.269. The van der Waals surface area contributed by atoms with Gasteiger partial charge < -0.3 is 4.90 Å². The topological polar surface area (TPSA) is 50.5 Å². The molecule has 0 spiro atoms. The number of para-hydroxylation sites is 1. The molecule has 0 unspecified atom stereocenters. The monoisotopic (exact) mass is 412 g/mol. The summed E-state index contributed by atoms with van der Waals surface area (Å²) in [6, 6.07) is 22.2. The molecule has 0 saturated carbocycles. The van der Waals surface area contributed by atoms with E-state index in [1.54, 1.807) is 0 Å². The number of hydrogen-bond donors (Lipinski definition) is 0. The second-order valence-electron chi connectivity index (χ2n) is 7.93. The molecule has 2 heterocycles. The highest BCUT2D eigenvalue weighted by Gasteiger charge is 2.18. The van der Waals surface area contributed by atoms with E-state index >= 15 is 0 Å². The average molecular weight is 413 g/mol. The van der Waals surface area contributed by atoms with Gasteiger partial charge in [0.05, 0.1) is 5.69 Å². The molecule has 4 aromatic rings. The van der Waals surface area contributed by atoms with Gasteiger partial charge in [0.25, 0.3) is 0 Å². The van der Waals surface area contributed by atoms with Crippen molar-refractivity contribution in [3.05, 3.63) is 94.9 Å². The van der Waals surface area contributed by atoms with Crippen molar-refractivity contribution in [2.24, 2.45) is 0 Å². The minimum absolute atomic E-state index is 0.123. The van der Waals surface area contributed by atoms with E-state index in [-0.39, 0.29) is 5.91 Å². The summed E-state index contributed by atoms with van der Waals surface area (Å²) in [5.74, 6) is 0.123. The van der Waals surface area contributed by atoms with Crippen LogP contribution in [0.5, 0.6) is 0 Å². The third kappa shape index (κ3) is 4.66. The van der Waals surface area contributed by atoms with Crippen LogP contribution < -0.4 is 4.90 Å². The molecule has 0 saturated heterocycles. The van der Waals surface area contributed by atoms with Crippen molar-refractivity contribution in [2.45, 2.75) is 40.0 Å². The van der Waals surface area contributed by atoms with Gasteiger partial charge in [-0.25, -0.2) is 9.50 Å². The van der Waals surface area contributed by atoms with Crippen molar-refractivity contribution in [1.29, 1.82) is 0 Å². The number of rotatable bonds is 7. The van der Waals surface area contributed by atoms with Crippen molar-refractivity contribution in [3.63, 3.8) is 0 Å². The Morgan fingerprint density at radius 1 is 0.935 bits per heavy atom. The van der Waals surface area contributed by atoms with Crippen LogP contribution in [-0.2, 0) is 17.6 Å². The van der Waals surface area contributed by atoms with Crippen LogP contribution in [0, 0.1) is 20.8 Å². The number of benzene rings is 2. The number of hydrogen-bond acceptors (Lipinski definition) is 3. The molecule has 0 fully saturated rings. The summed E-state index contributed by atoms with van der Waals surface area (Å²) < 4.78 is 1.88. The smallest absolute Gasteiger partial charge is 0.227 e. The Labute approximate surface area is 183 Å². The summed E-state index contributed by atoms with van der Waals surface area (Å²) in [6.45, 7) is 6.69. The number of amides is 1. The van der Waals surface area contributed by atoms with Gasteiger partial charge in [0.1, 0.15) is 0 Å². The SMILES string of the molecule is Cc1cc2nc(C)c(CCC(=O)N(CCc3ccccc3)c3ccccc3)c(C)n2n1. The maximum Gasteiger partial charge on any atom is 0.227 e. The lowest BCUT2D eigenvalue weighted by Gasteiger charge is -2.23. The minimum Gasteiger partial charge on any atom is -0.312 e. The number of anilines is 1. The van der Waals surface area contributed by atoms with E-state index in [9.17, 15) is 4.79 Å². The Kier molecular flexibility index (Phi) is 6.12. The van der Waals surface area contributed by atoms with Gasteiger partial charge in [-0.2, -0.15) is 5.10 Å². The van der Waals surface area contributed by atoms with Crippen LogP contribution in [0.3, 0.4) is 0 Å². The molecule has 0 N–H and O–H groups in total. The molecule has 31 heavy (non-hydrogen) atoms. The van der Waals surface area contributed by atoms with Crippen molar-refractivity contribution >= 4 is 17.2 Å². The summed E-state index contributed by atoms with van der Waals surface area (Å²) in [4.78, 5) is 19.9. The molecule has 2 aromatic carbocycles. The van der Waals surface area contributed by atoms with Crippen molar-refractivity contribution in [1.82, 2.24) is 14.6 Å². The minimum atomic E-state index is 0.123. The standard InChI is InChI=1S/C26H28N4O/c1-19-18-25-27-20(2)24(21(3)30(25)28-19)14-15-26(31)29(23-12-8-5-9-13-23)17-16-22-10-6-4-7-11-22/h4-13,18H,14-17H2,1-3H3. The predicted molar refractivity (Wildman–Crippen MR) is 124 cm³/mol. The van der Waals surface area contributed by atoms with E-state index in [1.165, 1.54) is 5.56 Å². The molecule has 0 radical (unpaired) electrons. The summed E-state index contributed by atoms with van der Waals surface area (Å²) in [6.07, 6.45) is 1.89.